The first-order valence-electron chi connectivity index (χ1n) is 4.12. The molecule has 3 aliphatic rings. The Morgan fingerprint density at radius 1 is 1.45 bits per heavy atom. The molecule has 3 rings (SSSR count). The lowest BCUT2D eigenvalue weighted by Crippen LogP contribution is -2.27. The van der Waals surface area contributed by atoms with E-state index >= 15 is 0 Å². The number of hydrogen-bond donors (Lipinski definition) is 0. The van der Waals surface area contributed by atoms with Gasteiger partial charge in [0.25, 0.3) is 0 Å². The first-order chi connectivity index (χ1) is 5.27. The lowest BCUT2D eigenvalue weighted by Gasteiger charge is -2.17. The molecule has 1 aliphatic heterocycles. The summed E-state index contributed by atoms with van der Waals surface area (Å²) >= 11 is 0. The second-order valence-electron chi connectivity index (χ2n) is 3.85. The summed E-state index contributed by atoms with van der Waals surface area (Å²) in [5, 5.41) is 0. The SMILES string of the molecule is O=C1O[C@@H]2[C@@H](F)[C@H]3C[C@@H]2[C@@H]1C3. The van der Waals surface area contributed by atoms with Crippen molar-refractivity contribution in [1.82, 2.24) is 0 Å². The van der Waals surface area contributed by atoms with E-state index in [0.29, 0.717) is 0 Å². The van der Waals surface area contributed by atoms with Crippen LogP contribution in [0.1, 0.15) is 12.8 Å². The maximum atomic E-state index is 13.2. The molecule has 0 aromatic carbocycles. The first-order valence-corrected chi connectivity index (χ1v) is 4.12. The lowest BCUT2D eigenvalue weighted by atomic mass is 9.89. The van der Waals surface area contributed by atoms with Crippen molar-refractivity contribution >= 4 is 5.97 Å². The molecule has 3 heteroatoms. The Morgan fingerprint density at radius 2 is 2.27 bits per heavy atom. The zero-order valence-electron chi connectivity index (χ0n) is 6.00. The predicted molar refractivity (Wildman–Crippen MR) is 34.5 cm³/mol. The van der Waals surface area contributed by atoms with Gasteiger partial charge in [0.15, 0.2) is 0 Å². The van der Waals surface area contributed by atoms with Gasteiger partial charge in [0, 0.05) is 5.92 Å². The number of alkyl halides is 1. The second kappa shape index (κ2) is 1.59. The fraction of sp³-hybridized carbons (Fsp3) is 0.875. The van der Waals surface area contributed by atoms with Crippen LogP contribution in [0.25, 0.3) is 0 Å². The molecule has 11 heavy (non-hydrogen) atoms. The summed E-state index contributed by atoms with van der Waals surface area (Å²) in [5.74, 6) is 0.253. The summed E-state index contributed by atoms with van der Waals surface area (Å²) in [6.07, 6.45) is 0.387. The van der Waals surface area contributed by atoms with Gasteiger partial charge in [-0.2, -0.15) is 0 Å². The Bertz CT molecular complexity index is 228. The van der Waals surface area contributed by atoms with Crippen LogP contribution >= 0.6 is 0 Å². The van der Waals surface area contributed by atoms with Gasteiger partial charge in [0.2, 0.25) is 0 Å². The molecular weight excluding hydrogens is 147 g/mol. The molecule has 0 aromatic rings. The Balaban J connectivity index is 2.04. The van der Waals surface area contributed by atoms with Crippen molar-refractivity contribution in [3.8, 4) is 0 Å². The molecule has 0 radical (unpaired) electrons. The molecule has 5 atom stereocenters. The predicted octanol–water partition coefficient (Wildman–Crippen LogP) is 0.906. The molecule has 0 amide bonds. The number of rotatable bonds is 0. The van der Waals surface area contributed by atoms with Crippen LogP contribution in [0.3, 0.4) is 0 Å². The minimum absolute atomic E-state index is 0.0528. The van der Waals surface area contributed by atoms with Gasteiger partial charge in [-0.25, -0.2) is 4.39 Å². The van der Waals surface area contributed by atoms with Gasteiger partial charge in [0.1, 0.15) is 12.3 Å². The lowest BCUT2D eigenvalue weighted by molar-refractivity contribution is -0.144. The van der Waals surface area contributed by atoms with Gasteiger partial charge in [0.05, 0.1) is 5.92 Å². The highest BCUT2D eigenvalue weighted by Crippen LogP contribution is 2.55. The quantitative estimate of drug-likeness (QED) is 0.487. The van der Waals surface area contributed by atoms with Crippen LogP contribution in [-0.4, -0.2) is 18.2 Å². The van der Waals surface area contributed by atoms with Gasteiger partial charge >= 0.3 is 5.97 Å². The van der Waals surface area contributed by atoms with E-state index in [1.165, 1.54) is 0 Å². The third-order valence-electron chi connectivity index (χ3n) is 3.39. The Labute approximate surface area is 63.7 Å². The summed E-state index contributed by atoms with van der Waals surface area (Å²) in [7, 11) is 0. The fourth-order valence-corrected chi connectivity index (χ4v) is 2.88. The number of carbonyl (C=O) groups is 1. The smallest absolute Gasteiger partial charge is 0.309 e. The largest absolute Gasteiger partial charge is 0.459 e. The summed E-state index contributed by atoms with van der Waals surface area (Å²) in [6.45, 7) is 0. The fourth-order valence-electron chi connectivity index (χ4n) is 2.88. The van der Waals surface area contributed by atoms with E-state index in [2.05, 4.69) is 0 Å². The summed E-state index contributed by atoms with van der Waals surface area (Å²) in [4.78, 5) is 11.0. The number of fused-ring (bicyclic) bond motifs is 1. The zero-order valence-corrected chi connectivity index (χ0v) is 6.00. The van der Waals surface area contributed by atoms with Crippen LogP contribution in [-0.2, 0) is 9.53 Å². The van der Waals surface area contributed by atoms with Crippen molar-refractivity contribution in [3.05, 3.63) is 0 Å². The minimum atomic E-state index is -0.859. The van der Waals surface area contributed by atoms with Crippen molar-refractivity contribution in [2.24, 2.45) is 17.8 Å². The Morgan fingerprint density at radius 3 is 2.91 bits per heavy atom. The molecule has 0 aromatic heterocycles. The van der Waals surface area contributed by atoms with Crippen LogP contribution in [0.5, 0.6) is 0 Å². The van der Waals surface area contributed by atoms with E-state index in [-0.39, 0.29) is 29.8 Å². The van der Waals surface area contributed by atoms with E-state index in [9.17, 15) is 9.18 Å². The molecule has 0 unspecified atom stereocenters. The molecule has 2 bridgehead atoms. The van der Waals surface area contributed by atoms with E-state index in [1.807, 2.05) is 0 Å². The number of halogens is 1. The van der Waals surface area contributed by atoms with Crippen LogP contribution in [0, 0.1) is 17.8 Å². The highest BCUT2D eigenvalue weighted by Gasteiger charge is 2.62. The average molecular weight is 156 g/mol. The number of ether oxygens (including phenoxy) is 1. The molecule has 1 heterocycles. The van der Waals surface area contributed by atoms with Gasteiger partial charge in [-0.05, 0) is 18.8 Å². The van der Waals surface area contributed by atoms with Crippen LogP contribution in [0.2, 0.25) is 0 Å². The number of carbonyl (C=O) groups excluding carboxylic acids is 1. The van der Waals surface area contributed by atoms with Gasteiger partial charge in [-0.15, -0.1) is 0 Å². The number of hydrogen-bond acceptors (Lipinski definition) is 2. The third kappa shape index (κ3) is 0.522. The molecule has 0 spiro atoms. The highest BCUT2D eigenvalue weighted by atomic mass is 19.1. The maximum Gasteiger partial charge on any atom is 0.309 e. The average Bonchev–Trinajstić information content (AvgIpc) is 2.53. The van der Waals surface area contributed by atoms with Crippen molar-refractivity contribution in [2.75, 3.05) is 0 Å². The van der Waals surface area contributed by atoms with E-state index in [1.54, 1.807) is 0 Å². The van der Waals surface area contributed by atoms with Crippen molar-refractivity contribution in [1.29, 1.82) is 0 Å². The Hall–Kier alpha value is -0.600. The standard InChI is InChI=1S/C8H9FO2/c9-6-3-1-4-5(2-3)8(10)11-7(4)6/h3-7H,1-2H2/t3-,4+,5-,6-,7-/m0/s1. The summed E-state index contributed by atoms with van der Waals surface area (Å²) in [5.41, 5.74) is 0. The molecule has 2 nitrogen and oxygen atoms in total. The highest BCUT2D eigenvalue weighted by molar-refractivity contribution is 5.76. The molecular formula is C8H9FO2. The monoisotopic (exact) mass is 156 g/mol. The van der Waals surface area contributed by atoms with Crippen molar-refractivity contribution < 1.29 is 13.9 Å². The Kier molecular flexibility index (Phi) is 0.866. The molecule has 2 aliphatic carbocycles. The van der Waals surface area contributed by atoms with E-state index in [4.69, 9.17) is 4.74 Å². The van der Waals surface area contributed by atoms with Crippen molar-refractivity contribution in [2.45, 2.75) is 25.1 Å². The van der Waals surface area contributed by atoms with Gasteiger partial charge in [-0.1, -0.05) is 0 Å². The molecule has 1 saturated heterocycles. The van der Waals surface area contributed by atoms with E-state index in [0.717, 1.165) is 12.8 Å². The van der Waals surface area contributed by atoms with Crippen LogP contribution in [0.4, 0.5) is 4.39 Å². The summed E-state index contributed by atoms with van der Waals surface area (Å²) in [6, 6.07) is 0. The molecule has 0 N–H and O–H groups in total. The zero-order chi connectivity index (χ0) is 7.59. The molecule has 60 valence electrons. The van der Waals surface area contributed by atoms with Gasteiger partial charge in [-0.3, -0.25) is 4.79 Å². The maximum absolute atomic E-state index is 13.2. The topological polar surface area (TPSA) is 26.3 Å². The first kappa shape index (κ1) is 5.98. The molecule has 2 saturated carbocycles. The summed E-state index contributed by atoms with van der Waals surface area (Å²) < 4.78 is 18.1. The second-order valence-corrected chi connectivity index (χ2v) is 3.85. The normalized spacial score (nSPS) is 58.6. The van der Waals surface area contributed by atoms with Gasteiger partial charge < -0.3 is 4.74 Å². The van der Waals surface area contributed by atoms with E-state index < -0.39 is 6.17 Å². The third-order valence-corrected chi connectivity index (χ3v) is 3.39. The molecule has 3 fully saturated rings. The number of esters is 1. The minimum Gasteiger partial charge on any atom is -0.459 e. The van der Waals surface area contributed by atoms with Crippen LogP contribution in [0.15, 0.2) is 0 Å². The van der Waals surface area contributed by atoms with Crippen LogP contribution < -0.4 is 0 Å². The van der Waals surface area contributed by atoms with Crippen molar-refractivity contribution in [3.63, 3.8) is 0 Å².